The molecule has 0 saturated heterocycles. The Kier molecular flexibility index (Phi) is 22.1. The van der Waals surface area contributed by atoms with Gasteiger partial charge in [0.05, 0.1) is 0 Å². The lowest BCUT2D eigenvalue weighted by Gasteiger charge is -2.11. The number of alkyl halides is 6. The molecule has 0 amide bonds. The Balaban J connectivity index is -0.0000000653. The van der Waals surface area contributed by atoms with Crippen LogP contribution in [0.15, 0.2) is 0 Å². The lowest BCUT2D eigenvalue weighted by molar-refractivity contribution is -0.0476. The molecule has 0 unspecified atom stereocenters. The zero-order chi connectivity index (χ0) is 12.7. The second-order valence-corrected chi connectivity index (χ2v) is 5.59. The van der Waals surface area contributed by atoms with Crippen LogP contribution in [-0.4, -0.2) is 60.7 Å². The first-order valence-corrected chi connectivity index (χ1v) is 5.58. The van der Waals surface area contributed by atoms with Crippen LogP contribution in [0.2, 0.25) is 0 Å². The van der Waals surface area contributed by atoms with Crippen molar-refractivity contribution < 1.29 is 76.0 Å². The second kappa shape index (κ2) is 10.9. The molecule has 0 aliphatic heterocycles. The highest BCUT2D eigenvalue weighted by molar-refractivity contribution is 8.05. The topological polar surface area (TPSA) is 269 Å². The summed E-state index contributed by atoms with van der Waals surface area (Å²) in [7, 11) is -13.2. The predicted molar refractivity (Wildman–Crippen MR) is 54.8 cm³/mol. The van der Waals surface area contributed by atoms with Crippen molar-refractivity contribution in [1.82, 2.24) is 4.13 Å². The number of halogens is 6. The van der Waals surface area contributed by atoms with E-state index in [0.717, 1.165) is 0 Å². The predicted octanol–water partition coefficient (Wildman–Crippen LogP) is -4.67. The van der Waals surface area contributed by atoms with Crippen molar-refractivity contribution in [2.45, 2.75) is 11.0 Å². The van der Waals surface area contributed by atoms with E-state index in [4.69, 9.17) is 0 Å². The molecule has 0 aromatic carbocycles. The highest BCUT2D eigenvalue weighted by Gasteiger charge is 2.55. The van der Waals surface area contributed by atoms with E-state index in [2.05, 4.69) is 0 Å². The van der Waals surface area contributed by atoms with Gasteiger partial charge in [0.15, 0.2) is 0 Å². The molecule has 140 valence electrons. The molecule has 0 bridgehead atoms. The Hall–Kier alpha value is -0.800. The van der Waals surface area contributed by atoms with Crippen LogP contribution < -0.4 is 4.13 Å². The van der Waals surface area contributed by atoms with Crippen LogP contribution in [-0.2, 0) is 20.0 Å². The second-order valence-electron chi connectivity index (χ2n) is 1.98. The van der Waals surface area contributed by atoms with Gasteiger partial charge in [-0.25, -0.2) is 16.8 Å². The Morgan fingerprint density at radius 3 is 0.762 bits per heavy atom. The van der Waals surface area contributed by atoms with E-state index in [1.54, 1.807) is 0 Å². The SMILES string of the molecule is O.O.O.O.O.O.O=S(=O)(NS(=O)(=O)C(F)(F)F)C(F)(F)F. The molecule has 0 radical (unpaired) electrons. The number of nitrogens with one attached hydrogen (secondary N) is 1. The van der Waals surface area contributed by atoms with Crippen molar-refractivity contribution in [3.8, 4) is 0 Å². The number of rotatable bonds is 2. The molecule has 21 heavy (non-hydrogen) atoms. The van der Waals surface area contributed by atoms with Crippen molar-refractivity contribution in [2.75, 3.05) is 0 Å². The standard InChI is InChI=1S/C2HF6NO4S2.6H2O/c3-1(4,5)14(10,11)9-15(12,13)2(6,7)8;;;;;;/h9H;6*1H2. The summed E-state index contributed by atoms with van der Waals surface area (Å²) in [5.74, 6) is 0. The fourth-order valence-corrected chi connectivity index (χ4v) is 2.15. The average Bonchev–Trinajstić information content (AvgIpc) is 1.77. The molecule has 0 atom stereocenters. The van der Waals surface area contributed by atoms with Crippen molar-refractivity contribution >= 4 is 20.0 Å². The summed E-state index contributed by atoms with van der Waals surface area (Å²) < 4.78 is 108. The Bertz CT molecular complexity index is 393. The van der Waals surface area contributed by atoms with Gasteiger partial charge in [-0.2, -0.15) is 26.3 Å². The van der Waals surface area contributed by atoms with Crippen LogP contribution in [0.4, 0.5) is 26.3 Å². The molecule has 0 aliphatic rings. The summed E-state index contributed by atoms with van der Waals surface area (Å²) in [5, 5.41) is 0. The molecule has 0 saturated carbocycles. The molecular weight excluding hydrogens is 376 g/mol. The van der Waals surface area contributed by atoms with Crippen molar-refractivity contribution in [2.24, 2.45) is 0 Å². The molecule has 0 spiro atoms. The summed E-state index contributed by atoms with van der Waals surface area (Å²) in [5.41, 5.74) is -12.3. The largest absolute Gasteiger partial charge is 0.512 e. The maximum absolute atomic E-state index is 11.5. The van der Waals surface area contributed by atoms with Gasteiger partial charge >= 0.3 is 31.1 Å². The van der Waals surface area contributed by atoms with E-state index in [-0.39, 0.29) is 32.9 Å². The minimum absolute atomic E-state index is 0. The summed E-state index contributed by atoms with van der Waals surface area (Å²) in [4.78, 5) is 0. The molecular formula is C2H13F6NO10S2. The van der Waals surface area contributed by atoms with Crippen LogP contribution in [0.5, 0.6) is 0 Å². The summed E-state index contributed by atoms with van der Waals surface area (Å²) >= 11 is 0. The molecule has 11 nitrogen and oxygen atoms in total. The smallest absolute Gasteiger partial charge is 0.412 e. The zero-order valence-electron chi connectivity index (χ0n) is 9.22. The van der Waals surface area contributed by atoms with Crippen LogP contribution in [0.3, 0.4) is 0 Å². The Morgan fingerprint density at radius 1 is 0.524 bits per heavy atom. The maximum atomic E-state index is 11.5. The number of hydrogen-bond donors (Lipinski definition) is 1. The van der Waals surface area contributed by atoms with Gasteiger partial charge in [0.1, 0.15) is 0 Å². The van der Waals surface area contributed by atoms with Crippen molar-refractivity contribution in [1.29, 1.82) is 0 Å². The van der Waals surface area contributed by atoms with Crippen LogP contribution in [0.25, 0.3) is 0 Å². The maximum Gasteiger partial charge on any atom is 0.512 e. The van der Waals surface area contributed by atoms with E-state index >= 15 is 0 Å². The lowest BCUT2D eigenvalue weighted by Crippen LogP contribution is -2.45. The lowest BCUT2D eigenvalue weighted by atomic mass is 11.6. The molecule has 0 aromatic heterocycles. The first kappa shape index (κ1) is 42.7. The zero-order valence-corrected chi connectivity index (χ0v) is 10.9. The molecule has 13 N–H and O–H groups in total. The molecule has 0 heterocycles. The molecule has 0 aromatic rings. The van der Waals surface area contributed by atoms with E-state index < -0.39 is 35.2 Å². The van der Waals surface area contributed by atoms with Gasteiger partial charge in [-0.05, 0) is 0 Å². The first-order valence-electron chi connectivity index (χ1n) is 2.62. The minimum Gasteiger partial charge on any atom is -0.412 e. The molecule has 0 aliphatic carbocycles. The molecule has 0 rings (SSSR count). The summed E-state index contributed by atoms with van der Waals surface area (Å²) in [6.07, 6.45) is 0. The fourth-order valence-electron chi connectivity index (χ4n) is 0.239. The third kappa shape index (κ3) is 10.6. The van der Waals surface area contributed by atoms with Gasteiger partial charge in [0.25, 0.3) is 0 Å². The quantitative estimate of drug-likeness (QED) is 0.456. The molecule has 19 heteroatoms. The van der Waals surface area contributed by atoms with Gasteiger partial charge in [0.2, 0.25) is 0 Å². The van der Waals surface area contributed by atoms with Crippen LogP contribution >= 0.6 is 0 Å². The van der Waals surface area contributed by atoms with Gasteiger partial charge in [-0.1, -0.05) is 4.13 Å². The molecule has 0 fully saturated rings. The highest BCUT2D eigenvalue weighted by atomic mass is 32.3. The Morgan fingerprint density at radius 2 is 0.667 bits per heavy atom. The van der Waals surface area contributed by atoms with Gasteiger partial charge in [-0.3, -0.25) is 0 Å². The van der Waals surface area contributed by atoms with Crippen molar-refractivity contribution in [3.63, 3.8) is 0 Å². The Labute approximate surface area is 112 Å². The summed E-state index contributed by atoms with van der Waals surface area (Å²) in [6.45, 7) is 0. The fraction of sp³-hybridized carbons (Fsp3) is 1.00. The van der Waals surface area contributed by atoms with Crippen LogP contribution in [0, 0.1) is 0 Å². The van der Waals surface area contributed by atoms with E-state index in [1.165, 1.54) is 0 Å². The third-order valence-electron chi connectivity index (χ3n) is 0.829. The van der Waals surface area contributed by atoms with Gasteiger partial charge < -0.3 is 32.9 Å². The summed E-state index contributed by atoms with van der Waals surface area (Å²) in [6, 6.07) is 0. The monoisotopic (exact) mass is 389 g/mol. The van der Waals surface area contributed by atoms with Gasteiger partial charge in [0, 0.05) is 0 Å². The average molecular weight is 389 g/mol. The minimum atomic E-state index is -6.60. The number of hydrogen-bond acceptors (Lipinski definition) is 4. The first-order chi connectivity index (χ1) is 6.21. The van der Waals surface area contributed by atoms with Crippen molar-refractivity contribution in [3.05, 3.63) is 0 Å². The number of sulfonamides is 2. The van der Waals surface area contributed by atoms with E-state index in [9.17, 15) is 43.2 Å². The van der Waals surface area contributed by atoms with E-state index in [1.807, 2.05) is 0 Å². The van der Waals surface area contributed by atoms with Crippen LogP contribution in [0.1, 0.15) is 0 Å². The van der Waals surface area contributed by atoms with E-state index in [0.29, 0.717) is 0 Å². The van der Waals surface area contributed by atoms with Gasteiger partial charge in [-0.15, -0.1) is 0 Å². The third-order valence-corrected chi connectivity index (χ3v) is 3.80. The normalized spacial score (nSPS) is 11.0. The highest BCUT2D eigenvalue weighted by Crippen LogP contribution is 2.27.